The monoisotopic (exact) mass is 288 g/mol. The summed E-state index contributed by atoms with van der Waals surface area (Å²) in [6.45, 7) is 2.97. The van der Waals surface area contributed by atoms with Crippen LogP contribution in [-0.4, -0.2) is 50.1 Å². The minimum Gasteiger partial charge on any atom is -0.469 e. The molecule has 0 aliphatic carbocycles. The molecule has 0 bridgehead atoms. The first-order valence-corrected chi connectivity index (χ1v) is 7.37. The molecule has 1 saturated heterocycles. The zero-order chi connectivity index (χ0) is 14.8. The molecule has 1 fully saturated rings. The molecule has 3 rings (SSSR count). The molecule has 0 radical (unpaired) electrons. The summed E-state index contributed by atoms with van der Waals surface area (Å²) in [6, 6.07) is 8.40. The molecule has 2 aliphatic heterocycles. The van der Waals surface area contributed by atoms with Crippen LogP contribution in [0.15, 0.2) is 24.3 Å². The molecule has 112 valence electrons. The standard InChI is InChI=1S/C16H20N2O3/c1-21-16(20)13-10-15(19)18(11-13)9-8-17-7-6-12-4-2-3-5-14(12)17/h2-5,13H,6-11H2,1H3. The Morgan fingerprint density at radius 1 is 1.29 bits per heavy atom. The number of esters is 1. The van der Waals surface area contributed by atoms with E-state index in [0.29, 0.717) is 13.1 Å². The van der Waals surface area contributed by atoms with Gasteiger partial charge in [0, 0.05) is 38.3 Å². The molecule has 1 aromatic carbocycles. The van der Waals surface area contributed by atoms with Crippen molar-refractivity contribution in [2.45, 2.75) is 12.8 Å². The zero-order valence-electron chi connectivity index (χ0n) is 12.2. The summed E-state index contributed by atoms with van der Waals surface area (Å²) in [5, 5.41) is 0. The summed E-state index contributed by atoms with van der Waals surface area (Å²) in [6.07, 6.45) is 1.35. The molecule has 0 saturated carbocycles. The molecule has 1 unspecified atom stereocenters. The number of hydrogen-bond donors (Lipinski definition) is 0. The van der Waals surface area contributed by atoms with Gasteiger partial charge in [-0.25, -0.2) is 0 Å². The van der Waals surface area contributed by atoms with Crippen LogP contribution in [0.5, 0.6) is 0 Å². The first kappa shape index (κ1) is 13.9. The quantitative estimate of drug-likeness (QED) is 0.778. The van der Waals surface area contributed by atoms with Gasteiger partial charge in [0.15, 0.2) is 0 Å². The third-order valence-electron chi connectivity index (χ3n) is 4.37. The van der Waals surface area contributed by atoms with Crippen LogP contribution in [0, 0.1) is 5.92 Å². The topological polar surface area (TPSA) is 49.9 Å². The van der Waals surface area contributed by atoms with Crippen LogP contribution in [0.25, 0.3) is 0 Å². The van der Waals surface area contributed by atoms with Crippen LogP contribution >= 0.6 is 0 Å². The molecule has 1 atom stereocenters. The Hall–Kier alpha value is -2.04. The van der Waals surface area contributed by atoms with E-state index in [2.05, 4.69) is 23.1 Å². The summed E-state index contributed by atoms with van der Waals surface area (Å²) in [7, 11) is 1.37. The van der Waals surface area contributed by atoms with Crippen molar-refractivity contribution >= 4 is 17.6 Å². The van der Waals surface area contributed by atoms with E-state index >= 15 is 0 Å². The largest absolute Gasteiger partial charge is 0.469 e. The number of carbonyl (C=O) groups excluding carboxylic acids is 2. The lowest BCUT2D eigenvalue weighted by Crippen LogP contribution is -2.35. The molecule has 1 aromatic rings. The molecule has 1 amide bonds. The third kappa shape index (κ3) is 2.73. The second-order valence-corrected chi connectivity index (χ2v) is 5.63. The Morgan fingerprint density at radius 2 is 2.05 bits per heavy atom. The molecule has 0 N–H and O–H groups in total. The molecule has 0 aromatic heterocycles. The van der Waals surface area contributed by atoms with Crippen molar-refractivity contribution in [1.29, 1.82) is 0 Å². The number of hydrogen-bond acceptors (Lipinski definition) is 4. The minimum atomic E-state index is -0.298. The van der Waals surface area contributed by atoms with E-state index in [1.807, 2.05) is 6.07 Å². The van der Waals surface area contributed by atoms with Crippen molar-refractivity contribution in [2.75, 3.05) is 38.2 Å². The molecule has 0 spiro atoms. The van der Waals surface area contributed by atoms with Gasteiger partial charge in [-0.05, 0) is 18.1 Å². The van der Waals surface area contributed by atoms with Crippen LogP contribution in [0.3, 0.4) is 0 Å². The van der Waals surface area contributed by atoms with E-state index in [-0.39, 0.29) is 24.2 Å². The average molecular weight is 288 g/mol. The van der Waals surface area contributed by atoms with Gasteiger partial charge >= 0.3 is 5.97 Å². The molecule has 5 nitrogen and oxygen atoms in total. The lowest BCUT2D eigenvalue weighted by atomic mass is 10.1. The van der Waals surface area contributed by atoms with Crippen LogP contribution in [-0.2, 0) is 20.7 Å². The highest BCUT2D eigenvalue weighted by Gasteiger charge is 2.35. The van der Waals surface area contributed by atoms with Gasteiger partial charge in [-0.3, -0.25) is 9.59 Å². The summed E-state index contributed by atoms with van der Waals surface area (Å²) in [4.78, 5) is 27.6. The van der Waals surface area contributed by atoms with Crippen molar-refractivity contribution in [3.05, 3.63) is 29.8 Å². The number of anilines is 1. The third-order valence-corrected chi connectivity index (χ3v) is 4.37. The van der Waals surface area contributed by atoms with Crippen molar-refractivity contribution in [1.82, 2.24) is 4.90 Å². The highest BCUT2D eigenvalue weighted by atomic mass is 16.5. The van der Waals surface area contributed by atoms with Crippen molar-refractivity contribution in [3.8, 4) is 0 Å². The number of benzene rings is 1. The van der Waals surface area contributed by atoms with Gasteiger partial charge < -0.3 is 14.5 Å². The van der Waals surface area contributed by atoms with Crippen molar-refractivity contribution in [2.24, 2.45) is 5.92 Å². The molecular weight excluding hydrogens is 268 g/mol. The number of likely N-dealkylation sites (tertiary alicyclic amines) is 1. The fraction of sp³-hybridized carbons (Fsp3) is 0.500. The molecular formula is C16H20N2O3. The van der Waals surface area contributed by atoms with Gasteiger partial charge in [0.2, 0.25) is 5.91 Å². The summed E-state index contributed by atoms with van der Waals surface area (Å²) < 4.78 is 4.73. The number of methoxy groups -OCH3 is 1. The maximum Gasteiger partial charge on any atom is 0.310 e. The van der Waals surface area contributed by atoms with Crippen molar-refractivity contribution < 1.29 is 14.3 Å². The number of amides is 1. The summed E-state index contributed by atoms with van der Waals surface area (Å²) in [5.74, 6) is -0.524. The van der Waals surface area contributed by atoms with Gasteiger partial charge in [-0.1, -0.05) is 18.2 Å². The first-order chi connectivity index (χ1) is 10.2. The summed E-state index contributed by atoms with van der Waals surface area (Å²) in [5.41, 5.74) is 2.64. The van der Waals surface area contributed by atoms with Gasteiger partial charge in [-0.15, -0.1) is 0 Å². The van der Waals surface area contributed by atoms with Crippen LogP contribution in [0.2, 0.25) is 0 Å². The predicted molar refractivity (Wildman–Crippen MR) is 79.1 cm³/mol. The lowest BCUT2D eigenvalue weighted by molar-refractivity contribution is -0.145. The fourth-order valence-corrected chi connectivity index (χ4v) is 3.19. The Kier molecular flexibility index (Phi) is 3.82. The van der Waals surface area contributed by atoms with E-state index in [1.54, 1.807) is 4.90 Å². The Balaban J connectivity index is 1.57. The highest BCUT2D eigenvalue weighted by Crippen LogP contribution is 2.27. The maximum absolute atomic E-state index is 12.0. The minimum absolute atomic E-state index is 0.0536. The van der Waals surface area contributed by atoms with E-state index in [0.717, 1.165) is 19.5 Å². The number of ether oxygens (including phenoxy) is 1. The van der Waals surface area contributed by atoms with Gasteiger partial charge in [0.1, 0.15) is 0 Å². The predicted octanol–water partition coefficient (Wildman–Crippen LogP) is 1.07. The van der Waals surface area contributed by atoms with Crippen molar-refractivity contribution in [3.63, 3.8) is 0 Å². The van der Waals surface area contributed by atoms with Crippen LogP contribution in [0.1, 0.15) is 12.0 Å². The maximum atomic E-state index is 12.0. The molecule has 5 heteroatoms. The Bertz CT molecular complexity index is 558. The van der Waals surface area contributed by atoms with E-state index in [9.17, 15) is 9.59 Å². The fourth-order valence-electron chi connectivity index (χ4n) is 3.19. The van der Waals surface area contributed by atoms with Crippen LogP contribution in [0.4, 0.5) is 5.69 Å². The number of para-hydroxylation sites is 1. The first-order valence-electron chi connectivity index (χ1n) is 7.37. The van der Waals surface area contributed by atoms with Gasteiger partial charge in [0.05, 0.1) is 13.0 Å². The molecule has 21 heavy (non-hydrogen) atoms. The lowest BCUT2D eigenvalue weighted by Gasteiger charge is -2.23. The Morgan fingerprint density at radius 3 is 2.86 bits per heavy atom. The van der Waals surface area contributed by atoms with E-state index in [1.165, 1.54) is 18.4 Å². The second-order valence-electron chi connectivity index (χ2n) is 5.63. The van der Waals surface area contributed by atoms with Crippen LogP contribution < -0.4 is 4.90 Å². The average Bonchev–Trinajstić information content (AvgIpc) is 3.08. The van der Waals surface area contributed by atoms with Gasteiger partial charge in [-0.2, -0.15) is 0 Å². The summed E-state index contributed by atoms with van der Waals surface area (Å²) >= 11 is 0. The highest BCUT2D eigenvalue weighted by molar-refractivity contribution is 5.86. The SMILES string of the molecule is COC(=O)C1CC(=O)N(CCN2CCc3ccccc32)C1. The number of carbonyl (C=O) groups is 2. The van der Waals surface area contributed by atoms with Gasteiger partial charge in [0.25, 0.3) is 0 Å². The number of nitrogens with zero attached hydrogens (tertiary/aromatic N) is 2. The molecule has 2 heterocycles. The Labute approximate surface area is 124 Å². The van der Waals surface area contributed by atoms with E-state index in [4.69, 9.17) is 4.74 Å². The second kappa shape index (κ2) is 5.76. The smallest absolute Gasteiger partial charge is 0.310 e. The number of fused-ring (bicyclic) bond motifs is 1. The zero-order valence-corrected chi connectivity index (χ0v) is 12.2. The number of rotatable bonds is 4. The van der Waals surface area contributed by atoms with E-state index < -0.39 is 0 Å². The normalized spacial score (nSPS) is 20.8. The molecule has 2 aliphatic rings.